The summed E-state index contributed by atoms with van der Waals surface area (Å²) in [7, 11) is -3.21. The van der Waals surface area contributed by atoms with Crippen molar-refractivity contribution in [1.29, 1.82) is 0 Å². The lowest BCUT2D eigenvalue weighted by Crippen LogP contribution is -2.21. The van der Waals surface area contributed by atoms with Crippen LogP contribution in [0.25, 0.3) is 11.3 Å². The molecule has 5 nitrogen and oxygen atoms in total. The fourth-order valence-corrected chi connectivity index (χ4v) is 1.98. The van der Waals surface area contributed by atoms with Crippen LogP contribution in [0.5, 0.6) is 0 Å². The van der Waals surface area contributed by atoms with Crippen molar-refractivity contribution in [2.45, 2.75) is 6.54 Å². The molecule has 0 saturated carbocycles. The zero-order valence-electron chi connectivity index (χ0n) is 9.87. The number of sulfonamides is 1. The molecule has 2 heterocycles. The number of nitrogens with zero attached hydrogens (tertiary/aromatic N) is 2. The van der Waals surface area contributed by atoms with Gasteiger partial charge in [-0.1, -0.05) is 6.07 Å². The van der Waals surface area contributed by atoms with Gasteiger partial charge in [-0.2, -0.15) is 0 Å². The molecule has 2 rings (SSSR count). The van der Waals surface area contributed by atoms with Crippen LogP contribution in [-0.4, -0.2) is 24.6 Å². The van der Waals surface area contributed by atoms with Gasteiger partial charge >= 0.3 is 0 Å². The zero-order valence-corrected chi connectivity index (χ0v) is 10.7. The molecule has 0 unspecified atom stereocenters. The topological polar surface area (TPSA) is 72.0 Å². The maximum atomic E-state index is 11.1. The quantitative estimate of drug-likeness (QED) is 0.899. The van der Waals surface area contributed by atoms with Crippen molar-refractivity contribution in [2.75, 3.05) is 6.26 Å². The molecule has 2 aromatic heterocycles. The van der Waals surface area contributed by atoms with E-state index in [0.29, 0.717) is 0 Å². The molecule has 0 radical (unpaired) electrons. The van der Waals surface area contributed by atoms with E-state index in [-0.39, 0.29) is 6.54 Å². The van der Waals surface area contributed by atoms with Crippen LogP contribution < -0.4 is 4.72 Å². The van der Waals surface area contributed by atoms with Gasteiger partial charge in [0.05, 0.1) is 11.9 Å². The Bertz CT molecular complexity index is 627. The lowest BCUT2D eigenvalue weighted by Gasteiger charge is -2.08. The molecule has 0 fully saturated rings. The van der Waals surface area contributed by atoms with Crippen LogP contribution in [0.3, 0.4) is 0 Å². The first kappa shape index (κ1) is 12.7. The summed E-state index contributed by atoms with van der Waals surface area (Å²) in [5.74, 6) is 0. The van der Waals surface area contributed by atoms with E-state index >= 15 is 0 Å². The molecule has 0 aliphatic carbocycles. The Morgan fingerprint density at radius 3 is 2.56 bits per heavy atom. The highest BCUT2D eigenvalue weighted by molar-refractivity contribution is 7.88. The molecular formula is C12H13N3O2S. The van der Waals surface area contributed by atoms with Crippen molar-refractivity contribution in [3.63, 3.8) is 0 Å². The first-order valence-corrected chi connectivity index (χ1v) is 7.24. The van der Waals surface area contributed by atoms with E-state index in [0.717, 1.165) is 23.1 Å². The number of pyridine rings is 2. The third-order valence-corrected chi connectivity index (χ3v) is 3.04. The Kier molecular flexibility index (Phi) is 3.69. The standard InChI is InChI=1S/C12H13N3O2S/c1-18(16,17)15-9-11-3-2-6-14-12(11)10-4-7-13-8-5-10/h2-8,15H,9H2,1H3. The SMILES string of the molecule is CS(=O)(=O)NCc1cccnc1-c1ccncc1. The van der Waals surface area contributed by atoms with Crippen molar-refractivity contribution in [3.05, 3.63) is 48.4 Å². The smallest absolute Gasteiger partial charge is 0.209 e. The lowest BCUT2D eigenvalue weighted by atomic mass is 10.1. The van der Waals surface area contributed by atoms with E-state index in [9.17, 15) is 8.42 Å². The minimum absolute atomic E-state index is 0.227. The highest BCUT2D eigenvalue weighted by Crippen LogP contribution is 2.19. The summed E-state index contributed by atoms with van der Waals surface area (Å²) in [6.45, 7) is 0.227. The van der Waals surface area contributed by atoms with Gasteiger partial charge in [-0.15, -0.1) is 0 Å². The van der Waals surface area contributed by atoms with Gasteiger partial charge in [0.25, 0.3) is 0 Å². The Labute approximate surface area is 106 Å². The Balaban J connectivity index is 2.32. The van der Waals surface area contributed by atoms with Crippen LogP contribution in [0.1, 0.15) is 5.56 Å². The van der Waals surface area contributed by atoms with Crippen LogP contribution in [-0.2, 0) is 16.6 Å². The molecule has 94 valence electrons. The number of aromatic nitrogens is 2. The predicted octanol–water partition coefficient (Wildman–Crippen LogP) is 1.19. The van der Waals surface area contributed by atoms with Gasteiger partial charge in [-0.3, -0.25) is 9.97 Å². The molecule has 2 aromatic rings. The number of hydrogen-bond donors (Lipinski definition) is 1. The predicted molar refractivity (Wildman–Crippen MR) is 69.2 cm³/mol. The van der Waals surface area contributed by atoms with E-state index in [2.05, 4.69) is 14.7 Å². The van der Waals surface area contributed by atoms with E-state index in [4.69, 9.17) is 0 Å². The fraction of sp³-hybridized carbons (Fsp3) is 0.167. The summed E-state index contributed by atoms with van der Waals surface area (Å²) in [5.41, 5.74) is 2.50. The monoisotopic (exact) mass is 263 g/mol. The Morgan fingerprint density at radius 2 is 1.89 bits per heavy atom. The molecular weight excluding hydrogens is 250 g/mol. The molecule has 0 saturated heterocycles. The number of rotatable bonds is 4. The molecule has 1 N–H and O–H groups in total. The van der Waals surface area contributed by atoms with Crippen LogP contribution in [0.4, 0.5) is 0 Å². The maximum absolute atomic E-state index is 11.1. The molecule has 18 heavy (non-hydrogen) atoms. The van der Waals surface area contributed by atoms with Crippen molar-refractivity contribution in [3.8, 4) is 11.3 Å². The zero-order chi connectivity index (χ0) is 13.0. The second-order valence-electron chi connectivity index (χ2n) is 3.84. The summed E-state index contributed by atoms with van der Waals surface area (Å²) in [6.07, 6.45) is 6.17. The molecule has 0 aliphatic rings. The second-order valence-corrected chi connectivity index (χ2v) is 5.67. The summed E-state index contributed by atoms with van der Waals surface area (Å²) < 4.78 is 24.7. The normalized spacial score (nSPS) is 11.4. The first-order valence-electron chi connectivity index (χ1n) is 5.35. The Morgan fingerprint density at radius 1 is 1.17 bits per heavy atom. The van der Waals surface area contributed by atoms with Crippen molar-refractivity contribution >= 4 is 10.0 Å². The highest BCUT2D eigenvalue weighted by Gasteiger charge is 2.08. The van der Waals surface area contributed by atoms with Gasteiger partial charge < -0.3 is 0 Å². The minimum Gasteiger partial charge on any atom is -0.265 e. The van der Waals surface area contributed by atoms with Gasteiger partial charge in [0, 0.05) is 30.7 Å². The molecule has 0 spiro atoms. The molecule has 0 bridgehead atoms. The lowest BCUT2D eigenvalue weighted by molar-refractivity contribution is 0.587. The van der Waals surface area contributed by atoms with Crippen LogP contribution in [0, 0.1) is 0 Å². The third kappa shape index (κ3) is 3.35. The minimum atomic E-state index is -3.21. The molecule has 0 aromatic carbocycles. The summed E-state index contributed by atoms with van der Waals surface area (Å²) >= 11 is 0. The average Bonchev–Trinajstić information content (AvgIpc) is 2.37. The van der Waals surface area contributed by atoms with Crippen LogP contribution in [0.15, 0.2) is 42.9 Å². The van der Waals surface area contributed by atoms with Gasteiger partial charge in [0.1, 0.15) is 0 Å². The van der Waals surface area contributed by atoms with Gasteiger partial charge in [0.2, 0.25) is 10.0 Å². The van der Waals surface area contributed by atoms with Gasteiger partial charge in [-0.25, -0.2) is 13.1 Å². The maximum Gasteiger partial charge on any atom is 0.209 e. The van der Waals surface area contributed by atoms with Crippen molar-refractivity contribution < 1.29 is 8.42 Å². The Hall–Kier alpha value is -1.79. The molecule has 0 amide bonds. The molecule has 0 atom stereocenters. The van der Waals surface area contributed by atoms with Crippen LogP contribution >= 0.6 is 0 Å². The van der Waals surface area contributed by atoms with E-state index in [1.165, 1.54) is 0 Å². The summed E-state index contributed by atoms with van der Waals surface area (Å²) in [5, 5.41) is 0. The average molecular weight is 263 g/mol. The molecule has 0 aliphatic heterocycles. The van der Waals surface area contributed by atoms with Gasteiger partial charge in [0.15, 0.2) is 0 Å². The van der Waals surface area contributed by atoms with Crippen molar-refractivity contribution in [2.24, 2.45) is 0 Å². The van der Waals surface area contributed by atoms with E-state index in [1.807, 2.05) is 18.2 Å². The highest BCUT2D eigenvalue weighted by atomic mass is 32.2. The summed E-state index contributed by atoms with van der Waals surface area (Å²) in [6, 6.07) is 7.31. The van der Waals surface area contributed by atoms with Crippen molar-refractivity contribution in [1.82, 2.24) is 14.7 Å². The third-order valence-electron chi connectivity index (χ3n) is 2.37. The van der Waals surface area contributed by atoms with E-state index < -0.39 is 10.0 Å². The number of nitrogens with one attached hydrogen (secondary N) is 1. The number of hydrogen-bond acceptors (Lipinski definition) is 4. The first-order chi connectivity index (χ1) is 8.56. The second kappa shape index (κ2) is 5.24. The molecule has 6 heteroatoms. The largest absolute Gasteiger partial charge is 0.265 e. The summed E-state index contributed by atoms with van der Waals surface area (Å²) in [4.78, 5) is 8.23. The van der Waals surface area contributed by atoms with Crippen LogP contribution in [0.2, 0.25) is 0 Å². The van der Waals surface area contributed by atoms with E-state index in [1.54, 1.807) is 24.7 Å². The van der Waals surface area contributed by atoms with Gasteiger partial charge in [-0.05, 0) is 23.8 Å². The fourth-order valence-electron chi connectivity index (χ4n) is 1.56.